The molecule has 0 unspecified atom stereocenters. The Morgan fingerprint density at radius 2 is 1.43 bits per heavy atom. The summed E-state index contributed by atoms with van der Waals surface area (Å²) in [5.41, 5.74) is -0.967. The van der Waals surface area contributed by atoms with Gasteiger partial charge in [-0.1, -0.05) is 84.5 Å². The van der Waals surface area contributed by atoms with Crippen molar-refractivity contribution in [1.82, 2.24) is 31.1 Å². The molecule has 0 bridgehead atoms. The SMILES string of the molecule is CN(C)C(=O)[C@@H](NC(=O)CNC(=O)C(=O)[C@H]1CCCCCCCCCC[C@@H](NC(=O)OC(C)(C)C)C(=O)N2C[C@H]3[C@@H]([C@H]2C(=O)N1)C3(C)C)C1CCCCC1. The molecule has 2 saturated heterocycles. The van der Waals surface area contributed by atoms with E-state index in [1.807, 2.05) is 0 Å². The lowest BCUT2D eigenvalue weighted by Crippen LogP contribution is -2.58. The molecule has 14 heteroatoms. The molecular weight excluding hydrogens is 692 g/mol. The average Bonchev–Trinajstić information content (AvgIpc) is 3.41. The number of rotatable bonds is 8. The van der Waals surface area contributed by atoms with Crippen molar-refractivity contribution in [2.45, 2.75) is 161 Å². The van der Waals surface area contributed by atoms with Crippen LogP contribution in [-0.4, -0.2) is 108 Å². The largest absolute Gasteiger partial charge is 0.444 e. The molecule has 14 nitrogen and oxygen atoms in total. The van der Waals surface area contributed by atoms with Crippen molar-refractivity contribution in [3.05, 3.63) is 0 Å². The van der Waals surface area contributed by atoms with Gasteiger partial charge in [0.2, 0.25) is 29.4 Å². The lowest BCUT2D eigenvalue weighted by molar-refractivity contribution is -0.144. The first-order valence-corrected chi connectivity index (χ1v) is 20.3. The number of ether oxygens (including phenoxy) is 1. The fourth-order valence-corrected chi connectivity index (χ4v) is 8.76. The first-order chi connectivity index (χ1) is 25.4. The van der Waals surface area contributed by atoms with Crippen molar-refractivity contribution in [2.24, 2.45) is 23.2 Å². The van der Waals surface area contributed by atoms with E-state index >= 15 is 0 Å². The second-order valence-electron chi connectivity index (χ2n) is 17.8. The number of nitrogens with one attached hydrogen (secondary N) is 4. The first kappa shape index (κ1) is 43.0. The molecule has 4 N–H and O–H groups in total. The summed E-state index contributed by atoms with van der Waals surface area (Å²) in [4.78, 5) is 97.3. The standard InChI is InChI=1S/C40H66N6O8/c1-39(2,3)54-38(53)43-28-22-18-13-11-9-8-10-12-17-21-27(42-34(49)32-30-26(40(30,4)5)24-46(32)36(28)51)33(48)35(50)41-23-29(47)44-31(37(52)45(6)7)25-19-15-14-16-20-25/h25-28,30-32H,8-24H2,1-7H3,(H,41,50)(H,42,49)(H,43,53)(H,44,47)/t26-,27+,28+,30-,31-,32-/m0/s1. The molecule has 54 heavy (non-hydrogen) atoms. The quantitative estimate of drug-likeness (QED) is 0.271. The second kappa shape index (κ2) is 18.8. The number of nitrogens with zero attached hydrogens (tertiary/aromatic N) is 2. The Hall–Kier alpha value is -3.71. The maximum atomic E-state index is 14.2. The highest BCUT2D eigenvalue weighted by Gasteiger charge is 2.69. The normalized spacial score (nSPS) is 27.5. The molecule has 0 spiro atoms. The highest BCUT2D eigenvalue weighted by Crippen LogP contribution is 2.65. The average molecular weight is 759 g/mol. The zero-order valence-electron chi connectivity index (χ0n) is 33.7. The van der Waals surface area contributed by atoms with Gasteiger partial charge in [0.05, 0.1) is 12.6 Å². The summed E-state index contributed by atoms with van der Waals surface area (Å²) in [6.45, 7) is 9.21. The predicted octanol–water partition coefficient (Wildman–Crippen LogP) is 3.60. The van der Waals surface area contributed by atoms with Gasteiger partial charge in [0.25, 0.3) is 5.91 Å². The van der Waals surface area contributed by atoms with Crippen LogP contribution in [0.15, 0.2) is 0 Å². The van der Waals surface area contributed by atoms with Crippen LogP contribution in [0.1, 0.15) is 131 Å². The Balaban J connectivity index is 1.48. The number of carbonyl (C=O) groups excluding carboxylic acids is 7. The summed E-state index contributed by atoms with van der Waals surface area (Å²) in [5, 5.41) is 10.9. The number of ketones is 1. The summed E-state index contributed by atoms with van der Waals surface area (Å²) in [5.74, 6) is -3.61. The fraction of sp³-hybridized carbons (Fsp3) is 0.825. The van der Waals surface area contributed by atoms with Crippen LogP contribution in [0, 0.1) is 23.2 Å². The van der Waals surface area contributed by atoms with Gasteiger partial charge in [-0.3, -0.25) is 28.8 Å². The smallest absolute Gasteiger partial charge is 0.408 e. The van der Waals surface area contributed by atoms with E-state index < -0.39 is 65.9 Å². The van der Waals surface area contributed by atoms with Crippen LogP contribution in [0.2, 0.25) is 0 Å². The van der Waals surface area contributed by atoms with Gasteiger partial charge in [0.1, 0.15) is 23.7 Å². The summed E-state index contributed by atoms with van der Waals surface area (Å²) in [6, 6.07) is -3.64. The molecule has 6 atom stereocenters. The Morgan fingerprint density at radius 1 is 0.870 bits per heavy atom. The van der Waals surface area contributed by atoms with Gasteiger partial charge < -0.3 is 35.8 Å². The molecule has 304 valence electrons. The van der Waals surface area contributed by atoms with E-state index in [0.29, 0.717) is 19.4 Å². The Bertz CT molecular complexity index is 1390. The van der Waals surface area contributed by atoms with Crippen LogP contribution in [-0.2, 0) is 33.5 Å². The Morgan fingerprint density at radius 3 is 2.02 bits per heavy atom. The summed E-state index contributed by atoms with van der Waals surface area (Å²) in [6.07, 6.45) is 11.6. The lowest BCUT2D eigenvalue weighted by Gasteiger charge is -2.34. The number of fused-ring (bicyclic) bond motifs is 3. The van der Waals surface area contributed by atoms with E-state index in [0.717, 1.165) is 77.0 Å². The number of hydrogen-bond acceptors (Lipinski definition) is 8. The van der Waals surface area contributed by atoms with Gasteiger partial charge >= 0.3 is 6.09 Å². The van der Waals surface area contributed by atoms with E-state index in [-0.39, 0.29) is 41.4 Å². The van der Waals surface area contributed by atoms with Crippen LogP contribution in [0.3, 0.4) is 0 Å². The number of amides is 6. The Kier molecular flexibility index (Phi) is 14.9. The minimum atomic E-state index is -1.16. The molecule has 4 fully saturated rings. The van der Waals surface area contributed by atoms with Crippen LogP contribution in [0.5, 0.6) is 0 Å². The minimum absolute atomic E-state index is 0.00522. The van der Waals surface area contributed by atoms with Crippen molar-refractivity contribution in [1.29, 1.82) is 0 Å². The fourth-order valence-electron chi connectivity index (χ4n) is 8.76. The molecule has 4 aliphatic rings. The maximum absolute atomic E-state index is 14.2. The van der Waals surface area contributed by atoms with E-state index in [2.05, 4.69) is 35.1 Å². The number of hydrogen-bond donors (Lipinski definition) is 4. The van der Waals surface area contributed by atoms with Gasteiger partial charge in [-0.25, -0.2) is 4.79 Å². The summed E-state index contributed by atoms with van der Waals surface area (Å²) < 4.78 is 5.48. The molecule has 2 aliphatic carbocycles. The van der Waals surface area contributed by atoms with Crippen LogP contribution in [0.25, 0.3) is 0 Å². The second-order valence-corrected chi connectivity index (χ2v) is 17.8. The molecule has 2 saturated carbocycles. The number of likely N-dealkylation sites (N-methyl/N-ethyl adjacent to an activating group) is 1. The predicted molar refractivity (Wildman–Crippen MR) is 203 cm³/mol. The number of carbonyl (C=O) groups is 7. The monoisotopic (exact) mass is 758 g/mol. The molecule has 0 radical (unpaired) electrons. The maximum Gasteiger partial charge on any atom is 0.408 e. The number of alkyl carbamates (subject to hydrolysis) is 1. The highest BCUT2D eigenvalue weighted by atomic mass is 16.6. The van der Waals surface area contributed by atoms with Crippen LogP contribution >= 0.6 is 0 Å². The van der Waals surface area contributed by atoms with Gasteiger partial charge in [0.15, 0.2) is 0 Å². The topological polar surface area (TPSA) is 183 Å². The number of Topliss-reactive ketones (excluding diaryl/α,β-unsaturated/α-hetero) is 1. The van der Waals surface area contributed by atoms with Crippen molar-refractivity contribution < 1.29 is 38.3 Å². The third-order valence-corrected chi connectivity index (χ3v) is 11.9. The van der Waals surface area contributed by atoms with E-state index in [9.17, 15) is 33.6 Å². The van der Waals surface area contributed by atoms with E-state index in [1.165, 1.54) is 4.90 Å². The number of piperidine rings is 1. The van der Waals surface area contributed by atoms with E-state index in [4.69, 9.17) is 4.74 Å². The third-order valence-electron chi connectivity index (χ3n) is 11.9. The zero-order valence-corrected chi connectivity index (χ0v) is 33.7. The van der Waals surface area contributed by atoms with Gasteiger partial charge in [-0.2, -0.15) is 0 Å². The zero-order chi connectivity index (χ0) is 39.8. The van der Waals surface area contributed by atoms with Crippen molar-refractivity contribution >= 4 is 41.4 Å². The van der Waals surface area contributed by atoms with Crippen molar-refractivity contribution in [2.75, 3.05) is 27.2 Å². The molecule has 2 heterocycles. The molecule has 0 aromatic rings. The summed E-state index contributed by atoms with van der Waals surface area (Å²) in [7, 11) is 3.28. The lowest BCUT2D eigenvalue weighted by atomic mass is 9.83. The van der Waals surface area contributed by atoms with Crippen LogP contribution in [0.4, 0.5) is 4.79 Å². The van der Waals surface area contributed by atoms with Crippen molar-refractivity contribution in [3.8, 4) is 0 Å². The van der Waals surface area contributed by atoms with Gasteiger partial charge in [0, 0.05) is 20.6 Å². The van der Waals surface area contributed by atoms with Crippen LogP contribution < -0.4 is 21.3 Å². The first-order valence-electron chi connectivity index (χ1n) is 20.3. The van der Waals surface area contributed by atoms with Gasteiger partial charge in [-0.05, 0) is 69.6 Å². The van der Waals surface area contributed by atoms with Gasteiger partial charge in [-0.15, -0.1) is 0 Å². The minimum Gasteiger partial charge on any atom is -0.444 e. The van der Waals surface area contributed by atoms with E-state index in [1.54, 1.807) is 39.8 Å². The summed E-state index contributed by atoms with van der Waals surface area (Å²) >= 11 is 0. The molecule has 4 rings (SSSR count). The molecule has 6 amide bonds. The molecule has 0 aromatic heterocycles. The molecular formula is C40H66N6O8. The molecule has 0 aromatic carbocycles. The van der Waals surface area contributed by atoms with Crippen molar-refractivity contribution in [3.63, 3.8) is 0 Å². The highest BCUT2D eigenvalue weighted by molar-refractivity contribution is 6.38. The Labute approximate surface area is 321 Å². The third kappa shape index (κ3) is 11.4. The molecule has 2 aliphatic heterocycles.